The lowest BCUT2D eigenvalue weighted by Crippen LogP contribution is -2.29. The predicted molar refractivity (Wildman–Crippen MR) is 278 cm³/mol. The topological polar surface area (TPSA) is 38.9 Å². The van der Waals surface area contributed by atoms with Gasteiger partial charge in [-0.2, -0.15) is 0 Å². The fraction of sp³-hybridized carbons (Fsp3) is 0.0154. The van der Waals surface area contributed by atoms with E-state index in [4.69, 9.17) is 14.4 Å². The summed E-state index contributed by atoms with van der Waals surface area (Å²) in [5, 5.41) is 2.04. The van der Waals surface area contributed by atoms with Crippen LogP contribution < -0.4 is 0 Å². The molecule has 0 N–H and O–H groups in total. The fourth-order valence-corrected chi connectivity index (χ4v) is 11.4. The van der Waals surface area contributed by atoms with Crippen molar-refractivity contribution in [3.8, 4) is 89.5 Å². The van der Waals surface area contributed by atoms with E-state index in [1.807, 2.05) is 24.3 Å². The maximum Gasteiger partial charge on any atom is 0.161 e. The Morgan fingerprint density at radius 3 is 1.35 bits per heavy atom. The number of hydrogen-bond donors (Lipinski definition) is 0. The Bertz CT molecular complexity index is 3850. The van der Waals surface area contributed by atoms with Gasteiger partial charge >= 0.3 is 0 Å². The maximum absolute atomic E-state index is 6.44. The van der Waals surface area contributed by atoms with Crippen molar-refractivity contribution in [2.45, 2.75) is 5.41 Å². The zero-order valence-corrected chi connectivity index (χ0v) is 36.9. The number of hydrogen-bond acceptors (Lipinski definition) is 3. The standard InChI is InChI=1S/C65H40N2O/c1-3-18-41(19-4-1)44-36-45(42-20-5-2-6-21-42)38-46(37-44)60-40-59(66-64(67-60)53-28-17-33-62-63(53)52-27-12-16-32-61(52)68-62)43-34-35-58-54(39-43)51-26-11-15-31-57(51)65(58)55-29-13-9-24-49(55)47-22-7-8-23-48(47)50-25-10-14-30-56(50)65/h1-40H. The third-order valence-electron chi connectivity index (χ3n) is 14.3. The molecule has 0 aliphatic heterocycles. The molecule has 2 aliphatic carbocycles. The molecule has 0 amide bonds. The molecule has 1 spiro atoms. The van der Waals surface area contributed by atoms with Gasteiger partial charge in [-0.1, -0.05) is 200 Å². The highest BCUT2D eigenvalue weighted by atomic mass is 16.3. The molecule has 0 saturated carbocycles. The summed E-state index contributed by atoms with van der Waals surface area (Å²) >= 11 is 0. The van der Waals surface area contributed by atoms with Crippen molar-refractivity contribution in [3.63, 3.8) is 0 Å². The summed E-state index contributed by atoms with van der Waals surface area (Å²) in [6.07, 6.45) is 0. The Labute approximate surface area is 394 Å². The molecule has 10 aromatic carbocycles. The molecule has 68 heavy (non-hydrogen) atoms. The van der Waals surface area contributed by atoms with Gasteiger partial charge in [0.1, 0.15) is 11.2 Å². The monoisotopic (exact) mass is 864 g/mol. The molecule has 0 fully saturated rings. The number of benzene rings is 10. The van der Waals surface area contributed by atoms with Gasteiger partial charge < -0.3 is 4.42 Å². The van der Waals surface area contributed by atoms with Crippen LogP contribution in [0.4, 0.5) is 0 Å². The molecular weight excluding hydrogens is 825 g/mol. The molecular formula is C65H40N2O. The summed E-state index contributed by atoms with van der Waals surface area (Å²) in [6.45, 7) is 0. The lowest BCUT2D eigenvalue weighted by Gasteiger charge is -2.35. The molecule has 14 rings (SSSR count). The summed E-state index contributed by atoms with van der Waals surface area (Å²) in [5.74, 6) is 0.641. The van der Waals surface area contributed by atoms with Crippen LogP contribution in [0.5, 0.6) is 0 Å². The largest absolute Gasteiger partial charge is 0.456 e. The van der Waals surface area contributed by atoms with Gasteiger partial charge in [0.2, 0.25) is 0 Å². The van der Waals surface area contributed by atoms with E-state index in [0.717, 1.165) is 72.3 Å². The zero-order chi connectivity index (χ0) is 44.8. The van der Waals surface area contributed by atoms with Crippen molar-refractivity contribution < 1.29 is 4.42 Å². The highest BCUT2D eigenvalue weighted by molar-refractivity contribution is 6.12. The van der Waals surface area contributed by atoms with E-state index in [1.54, 1.807) is 0 Å². The second-order valence-corrected chi connectivity index (χ2v) is 18.0. The Morgan fingerprint density at radius 1 is 0.279 bits per heavy atom. The van der Waals surface area contributed by atoms with Gasteiger partial charge in [0, 0.05) is 27.5 Å². The van der Waals surface area contributed by atoms with Gasteiger partial charge in [0.25, 0.3) is 0 Å². The van der Waals surface area contributed by atoms with Gasteiger partial charge in [-0.05, 0) is 120 Å². The maximum atomic E-state index is 6.44. The van der Waals surface area contributed by atoms with E-state index in [9.17, 15) is 0 Å². The number of para-hydroxylation sites is 1. The third kappa shape index (κ3) is 5.72. The first-order valence-electron chi connectivity index (χ1n) is 23.3. The van der Waals surface area contributed by atoms with Crippen molar-refractivity contribution in [2.75, 3.05) is 0 Å². The van der Waals surface area contributed by atoms with Crippen molar-refractivity contribution >= 4 is 21.9 Å². The van der Waals surface area contributed by atoms with E-state index in [2.05, 4.69) is 218 Å². The van der Waals surface area contributed by atoms with E-state index in [0.29, 0.717) is 5.82 Å². The van der Waals surface area contributed by atoms with Crippen molar-refractivity contribution in [1.29, 1.82) is 0 Å². The van der Waals surface area contributed by atoms with E-state index < -0.39 is 5.41 Å². The molecule has 316 valence electrons. The molecule has 3 nitrogen and oxygen atoms in total. The first-order chi connectivity index (χ1) is 33.7. The van der Waals surface area contributed by atoms with Crippen LogP contribution >= 0.6 is 0 Å². The summed E-state index contributed by atoms with van der Waals surface area (Å²) in [6, 6.07) is 87.7. The van der Waals surface area contributed by atoms with Crippen LogP contribution in [0.2, 0.25) is 0 Å². The lowest BCUT2D eigenvalue weighted by atomic mass is 9.66. The number of aromatic nitrogens is 2. The molecule has 12 aromatic rings. The molecule has 2 aromatic heterocycles. The minimum Gasteiger partial charge on any atom is -0.456 e. The van der Waals surface area contributed by atoms with Crippen LogP contribution in [0, 0.1) is 0 Å². The molecule has 0 saturated heterocycles. The second kappa shape index (κ2) is 15.1. The first kappa shape index (κ1) is 38.4. The van der Waals surface area contributed by atoms with Crippen LogP contribution in [0.15, 0.2) is 247 Å². The normalized spacial score (nSPS) is 12.8. The Balaban J connectivity index is 1.03. The summed E-state index contributed by atoms with van der Waals surface area (Å²) in [5.41, 5.74) is 22.8. The minimum atomic E-state index is -0.567. The lowest BCUT2D eigenvalue weighted by molar-refractivity contribution is 0.669. The highest BCUT2D eigenvalue weighted by Gasteiger charge is 2.49. The smallest absolute Gasteiger partial charge is 0.161 e. The predicted octanol–water partition coefficient (Wildman–Crippen LogP) is 16.7. The average Bonchev–Trinajstić information content (AvgIpc) is 3.91. The zero-order valence-electron chi connectivity index (χ0n) is 36.9. The Morgan fingerprint density at radius 2 is 0.735 bits per heavy atom. The van der Waals surface area contributed by atoms with E-state index >= 15 is 0 Å². The van der Waals surface area contributed by atoms with Crippen molar-refractivity contribution in [2.24, 2.45) is 0 Å². The summed E-state index contributed by atoms with van der Waals surface area (Å²) < 4.78 is 6.44. The van der Waals surface area contributed by atoms with Crippen LogP contribution in [-0.4, -0.2) is 9.97 Å². The molecule has 0 unspecified atom stereocenters. The van der Waals surface area contributed by atoms with E-state index in [1.165, 1.54) is 55.6 Å². The summed E-state index contributed by atoms with van der Waals surface area (Å²) in [7, 11) is 0. The molecule has 3 heteroatoms. The van der Waals surface area contributed by atoms with Gasteiger partial charge in [-0.15, -0.1) is 0 Å². The SMILES string of the molecule is c1ccc(-c2cc(-c3ccccc3)cc(-c3cc(-c4ccc5c(c4)-c4ccccc4C54c5ccccc5-c5ccccc5-c5ccccc54)nc(-c4cccc5oc6ccccc6c45)n3)c2)cc1. The Hall–Kier alpha value is -8.92. The van der Waals surface area contributed by atoms with Crippen LogP contribution in [0.1, 0.15) is 22.3 Å². The van der Waals surface area contributed by atoms with Crippen molar-refractivity contribution in [3.05, 3.63) is 265 Å². The molecule has 2 heterocycles. The van der Waals surface area contributed by atoms with Gasteiger partial charge in [0.05, 0.1) is 16.8 Å². The minimum absolute atomic E-state index is 0.567. The van der Waals surface area contributed by atoms with Gasteiger partial charge in [0.15, 0.2) is 5.82 Å². The average molecular weight is 865 g/mol. The third-order valence-corrected chi connectivity index (χ3v) is 14.3. The fourth-order valence-electron chi connectivity index (χ4n) is 11.4. The number of furan rings is 1. The summed E-state index contributed by atoms with van der Waals surface area (Å²) in [4.78, 5) is 11.1. The van der Waals surface area contributed by atoms with Crippen molar-refractivity contribution in [1.82, 2.24) is 9.97 Å². The van der Waals surface area contributed by atoms with Gasteiger partial charge in [-0.25, -0.2) is 9.97 Å². The molecule has 0 bridgehead atoms. The number of nitrogens with zero attached hydrogens (tertiary/aromatic N) is 2. The van der Waals surface area contributed by atoms with Crippen LogP contribution in [-0.2, 0) is 5.41 Å². The quantitative estimate of drug-likeness (QED) is 0.173. The molecule has 0 atom stereocenters. The molecule has 0 radical (unpaired) electrons. The Kier molecular flexibility index (Phi) is 8.50. The van der Waals surface area contributed by atoms with Crippen LogP contribution in [0.25, 0.3) is 111 Å². The number of fused-ring (bicyclic) bond motifs is 15. The van der Waals surface area contributed by atoms with Gasteiger partial charge in [-0.3, -0.25) is 0 Å². The van der Waals surface area contributed by atoms with Crippen LogP contribution in [0.3, 0.4) is 0 Å². The molecule has 2 aliphatic rings. The number of rotatable bonds is 5. The van der Waals surface area contributed by atoms with E-state index in [-0.39, 0.29) is 0 Å². The second-order valence-electron chi connectivity index (χ2n) is 18.0. The highest BCUT2D eigenvalue weighted by Crippen LogP contribution is 2.61. The first-order valence-corrected chi connectivity index (χ1v) is 23.3.